The van der Waals surface area contributed by atoms with E-state index in [4.69, 9.17) is 11.6 Å². The molecular formula is C18H23ClN4O. The number of hydrogen-bond donors (Lipinski definition) is 2. The molecule has 0 spiro atoms. The molecule has 0 aliphatic rings. The standard InChI is InChI=1S/C18H23ClN4O/c1-6-12(4)20-18(24)15-9-16(22-13(5)21-15)23-17-11(3)7-10(2)8-14(17)19/h7-9,12H,6H2,1-5H3,(H,20,24)(H,21,22,23). The molecule has 0 bridgehead atoms. The maximum Gasteiger partial charge on any atom is 0.270 e. The molecule has 1 atom stereocenters. The van der Waals surface area contributed by atoms with Gasteiger partial charge in [0, 0.05) is 12.1 Å². The fraction of sp³-hybridized carbons (Fsp3) is 0.389. The third-order valence-electron chi connectivity index (χ3n) is 3.75. The molecule has 6 heteroatoms. The molecule has 2 N–H and O–H groups in total. The van der Waals surface area contributed by atoms with Crippen LogP contribution in [0.25, 0.3) is 0 Å². The van der Waals surface area contributed by atoms with E-state index in [-0.39, 0.29) is 11.9 Å². The normalized spacial score (nSPS) is 11.9. The van der Waals surface area contributed by atoms with Crippen LogP contribution >= 0.6 is 11.6 Å². The van der Waals surface area contributed by atoms with Gasteiger partial charge in [0.2, 0.25) is 0 Å². The molecule has 5 nitrogen and oxygen atoms in total. The molecule has 24 heavy (non-hydrogen) atoms. The van der Waals surface area contributed by atoms with Crippen molar-refractivity contribution in [3.05, 3.63) is 45.9 Å². The Bertz CT molecular complexity index is 738. The average Bonchev–Trinajstić information content (AvgIpc) is 2.50. The van der Waals surface area contributed by atoms with Gasteiger partial charge in [-0.25, -0.2) is 9.97 Å². The van der Waals surface area contributed by atoms with E-state index in [0.29, 0.717) is 22.4 Å². The van der Waals surface area contributed by atoms with Crippen LogP contribution in [0.4, 0.5) is 11.5 Å². The number of rotatable bonds is 5. The highest BCUT2D eigenvalue weighted by Gasteiger charge is 2.14. The lowest BCUT2D eigenvalue weighted by Crippen LogP contribution is -2.32. The van der Waals surface area contributed by atoms with Crippen molar-refractivity contribution in [2.24, 2.45) is 0 Å². The van der Waals surface area contributed by atoms with Crippen molar-refractivity contribution in [2.75, 3.05) is 5.32 Å². The quantitative estimate of drug-likeness (QED) is 0.845. The topological polar surface area (TPSA) is 66.9 Å². The monoisotopic (exact) mass is 346 g/mol. The van der Waals surface area contributed by atoms with Crippen LogP contribution in [0.2, 0.25) is 5.02 Å². The van der Waals surface area contributed by atoms with Crippen LogP contribution in [-0.2, 0) is 0 Å². The number of aryl methyl sites for hydroxylation is 3. The van der Waals surface area contributed by atoms with Crippen molar-refractivity contribution < 1.29 is 4.79 Å². The maximum absolute atomic E-state index is 12.3. The van der Waals surface area contributed by atoms with E-state index in [1.54, 1.807) is 13.0 Å². The summed E-state index contributed by atoms with van der Waals surface area (Å²) in [7, 11) is 0. The maximum atomic E-state index is 12.3. The second-order valence-corrected chi connectivity index (χ2v) is 6.44. The molecule has 1 unspecified atom stereocenters. The van der Waals surface area contributed by atoms with E-state index in [1.165, 1.54) is 0 Å². The Balaban J connectivity index is 2.31. The summed E-state index contributed by atoms with van der Waals surface area (Å²) in [5, 5.41) is 6.74. The lowest BCUT2D eigenvalue weighted by molar-refractivity contribution is 0.0934. The number of nitrogens with one attached hydrogen (secondary N) is 2. The zero-order valence-corrected chi connectivity index (χ0v) is 15.5. The van der Waals surface area contributed by atoms with Crippen LogP contribution in [0.15, 0.2) is 18.2 Å². The van der Waals surface area contributed by atoms with Crippen LogP contribution in [-0.4, -0.2) is 21.9 Å². The summed E-state index contributed by atoms with van der Waals surface area (Å²) >= 11 is 6.33. The number of halogens is 1. The summed E-state index contributed by atoms with van der Waals surface area (Å²) in [4.78, 5) is 20.9. The lowest BCUT2D eigenvalue weighted by Gasteiger charge is -2.14. The highest BCUT2D eigenvalue weighted by atomic mass is 35.5. The Hall–Kier alpha value is -2.14. The number of hydrogen-bond acceptors (Lipinski definition) is 4. The van der Waals surface area contributed by atoms with Crippen LogP contribution in [0.3, 0.4) is 0 Å². The number of carbonyl (C=O) groups is 1. The zero-order valence-electron chi connectivity index (χ0n) is 14.7. The summed E-state index contributed by atoms with van der Waals surface area (Å²) in [5.41, 5.74) is 3.23. The van der Waals surface area contributed by atoms with Gasteiger partial charge < -0.3 is 10.6 Å². The van der Waals surface area contributed by atoms with Gasteiger partial charge in [0.25, 0.3) is 5.91 Å². The minimum Gasteiger partial charge on any atom is -0.348 e. The number of amides is 1. The van der Waals surface area contributed by atoms with Crippen molar-refractivity contribution >= 4 is 29.0 Å². The Kier molecular flexibility index (Phi) is 5.78. The molecule has 0 aliphatic heterocycles. The van der Waals surface area contributed by atoms with E-state index >= 15 is 0 Å². The number of aromatic nitrogens is 2. The van der Waals surface area contributed by atoms with Gasteiger partial charge in [-0.3, -0.25) is 4.79 Å². The third-order valence-corrected chi connectivity index (χ3v) is 4.04. The fourth-order valence-corrected chi connectivity index (χ4v) is 2.72. The minimum absolute atomic E-state index is 0.0953. The van der Waals surface area contributed by atoms with E-state index in [0.717, 1.165) is 23.2 Å². The van der Waals surface area contributed by atoms with Crippen LogP contribution in [0, 0.1) is 20.8 Å². The van der Waals surface area contributed by atoms with E-state index in [9.17, 15) is 4.79 Å². The molecule has 0 fully saturated rings. The molecule has 0 radical (unpaired) electrons. The Morgan fingerprint density at radius 2 is 1.92 bits per heavy atom. The molecule has 1 aromatic heterocycles. The molecule has 1 heterocycles. The number of carbonyl (C=O) groups excluding carboxylic acids is 1. The molecule has 1 amide bonds. The summed E-state index contributed by atoms with van der Waals surface area (Å²) < 4.78 is 0. The predicted octanol–water partition coefficient (Wildman–Crippen LogP) is 4.33. The summed E-state index contributed by atoms with van der Waals surface area (Å²) in [6, 6.07) is 5.67. The summed E-state index contributed by atoms with van der Waals surface area (Å²) in [6.07, 6.45) is 0.860. The molecule has 0 saturated heterocycles. The van der Waals surface area contributed by atoms with Gasteiger partial charge in [0.05, 0.1) is 10.7 Å². The van der Waals surface area contributed by atoms with Crippen molar-refractivity contribution in [1.29, 1.82) is 0 Å². The van der Waals surface area contributed by atoms with Gasteiger partial charge >= 0.3 is 0 Å². The second kappa shape index (κ2) is 7.62. The molecule has 128 valence electrons. The van der Waals surface area contributed by atoms with Crippen LogP contribution in [0.5, 0.6) is 0 Å². The van der Waals surface area contributed by atoms with Gasteiger partial charge in [0.1, 0.15) is 17.3 Å². The first-order valence-electron chi connectivity index (χ1n) is 8.00. The number of anilines is 2. The van der Waals surface area contributed by atoms with Gasteiger partial charge in [-0.05, 0) is 51.3 Å². The Morgan fingerprint density at radius 3 is 2.54 bits per heavy atom. The molecular weight excluding hydrogens is 324 g/mol. The SMILES string of the molecule is CCC(C)NC(=O)c1cc(Nc2c(C)cc(C)cc2Cl)nc(C)n1. The Morgan fingerprint density at radius 1 is 1.21 bits per heavy atom. The fourth-order valence-electron chi connectivity index (χ4n) is 2.35. The minimum atomic E-state index is -0.204. The first kappa shape index (κ1) is 18.2. The second-order valence-electron chi connectivity index (χ2n) is 6.03. The van der Waals surface area contributed by atoms with Crippen molar-refractivity contribution in [2.45, 2.75) is 47.1 Å². The highest BCUT2D eigenvalue weighted by Crippen LogP contribution is 2.29. The molecule has 2 rings (SSSR count). The van der Waals surface area contributed by atoms with Gasteiger partial charge in [-0.2, -0.15) is 0 Å². The average molecular weight is 347 g/mol. The van der Waals surface area contributed by atoms with Crippen molar-refractivity contribution in [3.8, 4) is 0 Å². The van der Waals surface area contributed by atoms with Gasteiger partial charge in [-0.15, -0.1) is 0 Å². The largest absolute Gasteiger partial charge is 0.348 e. The first-order chi connectivity index (χ1) is 11.3. The first-order valence-corrected chi connectivity index (χ1v) is 8.38. The Labute approximate surface area is 147 Å². The van der Waals surface area contributed by atoms with Gasteiger partial charge in [0.15, 0.2) is 0 Å². The van der Waals surface area contributed by atoms with E-state index < -0.39 is 0 Å². The van der Waals surface area contributed by atoms with Gasteiger partial charge in [-0.1, -0.05) is 24.6 Å². The summed E-state index contributed by atoms with van der Waals surface area (Å²) in [6.45, 7) is 9.71. The molecule has 0 aliphatic carbocycles. The van der Waals surface area contributed by atoms with E-state index in [1.807, 2.05) is 39.8 Å². The molecule has 0 saturated carbocycles. The lowest BCUT2D eigenvalue weighted by atomic mass is 10.1. The molecule has 2 aromatic rings. The number of nitrogens with zero attached hydrogens (tertiary/aromatic N) is 2. The van der Waals surface area contributed by atoms with Crippen LogP contribution < -0.4 is 10.6 Å². The summed E-state index contributed by atoms with van der Waals surface area (Å²) in [5.74, 6) is 0.866. The van der Waals surface area contributed by atoms with Crippen molar-refractivity contribution in [3.63, 3.8) is 0 Å². The third kappa shape index (κ3) is 4.45. The zero-order chi connectivity index (χ0) is 17.9. The number of benzene rings is 1. The van der Waals surface area contributed by atoms with Crippen molar-refractivity contribution in [1.82, 2.24) is 15.3 Å². The predicted molar refractivity (Wildman–Crippen MR) is 98.2 cm³/mol. The van der Waals surface area contributed by atoms with Crippen LogP contribution in [0.1, 0.15) is 47.7 Å². The highest BCUT2D eigenvalue weighted by molar-refractivity contribution is 6.33. The smallest absolute Gasteiger partial charge is 0.270 e. The van der Waals surface area contributed by atoms with E-state index in [2.05, 4.69) is 20.6 Å². The molecule has 1 aromatic carbocycles.